The van der Waals surface area contributed by atoms with Crippen molar-refractivity contribution in [3.8, 4) is 0 Å². The Hall–Kier alpha value is -2.36. The van der Waals surface area contributed by atoms with Gasteiger partial charge in [-0.3, -0.25) is 9.69 Å². The minimum atomic E-state index is -0.0475. The molecule has 2 unspecified atom stereocenters. The van der Waals surface area contributed by atoms with E-state index in [1.54, 1.807) is 0 Å². The van der Waals surface area contributed by atoms with E-state index in [0.29, 0.717) is 16.6 Å². The molecule has 166 valence electrons. The molecule has 4 heteroatoms. The Morgan fingerprint density at radius 3 is 2.34 bits per heavy atom. The van der Waals surface area contributed by atoms with E-state index < -0.39 is 0 Å². The number of benzene rings is 3. The average molecular weight is 447 g/mol. The van der Waals surface area contributed by atoms with Crippen LogP contribution in [0.4, 0.5) is 0 Å². The van der Waals surface area contributed by atoms with Gasteiger partial charge in [-0.15, -0.1) is 0 Å². The summed E-state index contributed by atoms with van der Waals surface area (Å²) in [7, 11) is 0. The highest BCUT2D eigenvalue weighted by atomic mass is 35.5. The fraction of sp³-hybridized carbons (Fsp3) is 0.393. The minimum absolute atomic E-state index is 0.0233. The van der Waals surface area contributed by atoms with Gasteiger partial charge in [0.05, 0.1) is 6.04 Å². The zero-order valence-corrected chi connectivity index (χ0v) is 19.4. The Balaban J connectivity index is 1.57. The van der Waals surface area contributed by atoms with Crippen LogP contribution < -0.4 is 5.32 Å². The maximum Gasteiger partial charge on any atom is 0.252 e. The summed E-state index contributed by atoms with van der Waals surface area (Å²) in [4.78, 5) is 16.5. The van der Waals surface area contributed by atoms with E-state index in [1.807, 2.05) is 36.4 Å². The van der Waals surface area contributed by atoms with Gasteiger partial charge in [-0.2, -0.15) is 0 Å². The molecule has 2 atom stereocenters. The fourth-order valence-corrected chi connectivity index (χ4v) is 6.39. The van der Waals surface area contributed by atoms with E-state index >= 15 is 0 Å². The molecular formula is C28H31ClN2O. The van der Waals surface area contributed by atoms with Crippen LogP contribution in [0.2, 0.25) is 5.02 Å². The number of rotatable bonds is 5. The molecular weight excluding hydrogens is 416 g/mol. The van der Waals surface area contributed by atoms with Gasteiger partial charge >= 0.3 is 0 Å². The van der Waals surface area contributed by atoms with Gasteiger partial charge in [-0.1, -0.05) is 79.0 Å². The van der Waals surface area contributed by atoms with Gasteiger partial charge in [0, 0.05) is 27.6 Å². The summed E-state index contributed by atoms with van der Waals surface area (Å²) in [5.41, 5.74) is 1.85. The second-order valence-corrected chi connectivity index (χ2v) is 9.86. The number of halogens is 1. The molecule has 3 aromatic carbocycles. The van der Waals surface area contributed by atoms with Crippen molar-refractivity contribution in [2.24, 2.45) is 0 Å². The Labute approximate surface area is 195 Å². The van der Waals surface area contributed by atoms with E-state index in [1.165, 1.54) is 31.2 Å². The van der Waals surface area contributed by atoms with Gasteiger partial charge in [0.1, 0.15) is 0 Å². The summed E-state index contributed by atoms with van der Waals surface area (Å²) in [6, 6.07) is 22.7. The zero-order chi connectivity index (χ0) is 22.1. The van der Waals surface area contributed by atoms with Crippen molar-refractivity contribution in [1.29, 1.82) is 0 Å². The summed E-state index contributed by atoms with van der Waals surface area (Å²) in [5.74, 6) is -0.0233. The Morgan fingerprint density at radius 1 is 0.969 bits per heavy atom. The van der Waals surface area contributed by atoms with Gasteiger partial charge in [-0.25, -0.2) is 0 Å². The van der Waals surface area contributed by atoms with Crippen LogP contribution in [0, 0.1) is 0 Å². The van der Waals surface area contributed by atoms with Crippen molar-refractivity contribution in [3.63, 3.8) is 0 Å². The number of carbonyl (C=O) groups excluding carboxylic acids is 1. The number of likely N-dealkylation sites (tertiary alicyclic amines) is 1. The highest BCUT2D eigenvalue weighted by Gasteiger charge is 2.49. The van der Waals surface area contributed by atoms with E-state index in [4.69, 9.17) is 11.6 Å². The van der Waals surface area contributed by atoms with Crippen molar-refractivity contribution < 1.29 is 4.79 Å². The molecule has 0 radical (unpaired) electrons. The molecule has 0 spiro atoms. The number of hydrogen-bond acceptors (Lipinski definition) is 2. The summed E-state index contributed by atoms with van der Waals surface area (Å²) in [5, 5.41) is 6.01. The molecule has 0 bridgehead atoms. The Bertz CT molecular complexity index is 1110. The predicted molar refractivity (Wildman–Crippen MR) is 132 cm³/mol. The molecule has 0 aromatic heterocycles. The summed E-state index contributed by atoms with van der Waals surface area (Å²) >= 11 is 6.42. The zero-order valence-electron chi connectivity index (χ0n) is 18.7. The first kappa shape index (κ1) is 21.5. The van der Waals surface area contributed by atoms with Crippen LogP contribution in [0.1, 0.15) is 67.4 Å². The third-order valence-corrected chi connectivity index (χ3v) is 7.99. The molecule has 32 heavy (non-hydrogen) atoms. The lowest BCUT2D eigenvalue weighted by Crippen LogP contribution is -2.57. The first-order valence-corrected chi connectivity index (χ1v) is 12.3. The van der Waals surface area contributed by atoms with Crippen molar-refractivity contribution in [3.05, 3.63) is 82.9 Å². The van der Waals surface area contributed by atoms with Crippen molar-refractivity contribution in [2.75, 3.05) is 6.54 Å². The summed E-state index contributed by atoms with van der Waals surface area (Å²) < 4.78 is 0. The molecule has 1 aliphatic heterocycles. The summed E-state index contributed by atoms with van der Waals surface area (Å²) in [6.45, 7) is 3.47. The second-order valence-electron chi connectivity index (χ2n) is 9.45. The molecule has 5 rings (SSSR count). The van der Waals surface area contributed by atoms with Crippen LogP contribution in [0.15, 0.2) is 66.7 Å². The maximum atomic E-state index is 13.8. The third-order valence-electron chi connectivity index (χ3n) is 7.66. The molecule has 1 saturated carbocycles. The molecule has 3 nitrogen and oxygen atoms in total. The first-order valence-electron chi connectivity index (χ1n) is 11.9. The van der Waals surface area contributed by atoms with E-state index in [0.717, 1.165) is 30.2 Å². The largest absolute Gasteiger partial charge is 0.343 e. The normalized spacial score (nSPS) is 21.6. The van der Waals surface area contributed by atoms with Crippen molar-refractivity contribution in [1.82, 2.24) is 10.2 Å². The quantitative estimate of drug-likeness (QED) is 0.469. The van der Waals surface area contributed by atoms with Gasteiger partial charge < -0.3 is 5.32 Å². The van der Waals surface area contributed by atoms with Crippen LogP contribution in [0.25, 0.3) is 10.8 Å². The molecule has 1 heterocycles. The smallest absolute Gasteiger partial charge is 0.252 e. The van der Waals surface area contributed by atoms with Crippen molar-refractivity contribution in [2.45, 2.75) is 63.1 Å². The number of nitrogens with zero attached hydrogens (tertiary/aromatic N) is 1. The number of nitrogens with one attached hydrogen (secondary N) is 1. The molecule has 2 aliphatic rings. The maximum absolute atomic E-state index is 13.8. The topological polar surface area (TPSA) is 32.3 Å². The predicted octanol–water partition coefficient (Wildman–Crippen LogP) is 6.76. The number of fused-ring (bicyclic) bond motifs is 1. The lowest BCUT2D eigenvalue weighted by molar-refractivity contribution is 0.0432. The van der Waals surface area contributed by atoms with Gasteiger partial charge in [0.25, 0.3) is 5.91 Å². The monoisotopic (exact) mass is 446 g/mol. The van der Waals surface area contributed by atoms with Crippen LogP contribution in [-0.4, -0.2) is 28.9 Å². The second kappa shape index (κ2) is 8.88. The van der Waals surface area contributed by atoms with Crippen LogP contribution in [-0.2, 0) is 0 Å². The highest BCUT2D eigenvalue weighted by molar-refractivity contribution is 6.36. The minimum Gasteiger partial charge on any atom is -0.343 e. The average Bonchev–Trinajstić information content (AvgIpc) is 3.48. The van der Waals surface area contributed by atoms with Crippen LogP contribution in [0.3, 0.4) is 0 Å². The lowest BCUT2D eigenvalue weighted by atomic mass is 9.81. The molecule has 1 N–H and O–H groups in total. The van der Waals surface area contributed by atoms with Gasteiger partial charge in [0.15, 0.2) is 0 Å². The molecule has 1 saturated heterocycles. The van der Waals surface area contributed by atoms with Gasteiger partial charge in [-0.05, 0) is 62.2 Å². The van der Waals surface area contributed by atoms with Crippen molar-refractivity contribution >= 4 is 28.3 Å². The van der Waals surface area contributed by atoms with Crippen LogP contribution >= 0.6 is 11.6 Å². The lowest BCUT2D eigenvalue weighted by Gasteiger charge is -2.47. The Morgan fingerprint density at radius 2 is 1.66 bits per heavy atom. The SMILES string of the molecule is CC1CCCN1C1(C(NC(=O)c2ccc(Cl)c3ccccc23)c2ccccc2)CCCC1. The van der Waals surface area contributed by atoms with E-state index in [-0.39, 0.29) is 17.5 Å². The molecule has 3 aromatic rings. The molecule has 1 aliphatic carbocycles. The molecule has 2 fully saturated rings. The third kappa shape index (κ3) is 3.72. The first-order chi connectivity index (χ1) is 15.6. The number of carbonyl (C=O) groups is 1. The molecule has 1 amide bonds. The van der Waals surface area contributed by atoms with E-state index in [9.17, 15) is 4.79 Å². The number of hydrogen-bond donors (Lipinski definition) is 1. The van der Waals surface area contributed by atoms with Crippen LogP contribution in [0.5, 0.6) is 0 Å². The highest BCUT2D eigenvalue weighted by Crippen LogP contribution is 2.47. The summed E-state index contributed by atoms with van der Waals surface area (Å²) in [6.07, 6.45) is 7.15. The standard InChI is InChI=1S/C28H31ClN2O/c1-20-10-9-19-31(20)28(17-7-8-18-28)26(21-11-3-2-4-12-21)30-27(32)24-15-16-25(29)23-14-6-5-13-22(23)24/h2-6,11-16,20,26H,7-10,17-19H2,1H3,(H,30,32). The van der Waals surface area contributed by atoms with E-state index in [2.05, 4.69) is 47.5 Å². The fourth-order valence-electron chi connectivity index (χ4n) is 6.17. The van der Waals surface area contributed by atoms with Gasteiger partial charge in [0.2, 0.25) is 0 Å². The Kier molecular flexibility index (Phi) is 5.96. The number of amides is 1.